The van der Waals surface area contributed by atoms with Crippen molar-refractivity contribution in [1.29, 1.82) is 0 Å². The number of aliphatic hydroxyl groups excluding tert-OH is 1. The van der Waals surface area contributed by atoms with Gasteiger partial charge in [0.05, 0.1) is 7.11 Å². The van der Waals surface area contributed by atoms with Crippen LogP contribution in [0.4, 0.5) is 0 Å². The predicted octanol–water partition coefficient (Wildman–Crippen LogP) is 3.56. The Morgan fingerprint density at radius 2 is 2.09 bits per heavy atom. The van der Waals surface area contributed by atoms with Gasteiger partial charge in [-0.15, -0.1) is 0 Å². The minimum Gasteiger partial charge on any atom is -0.507 e. The van der Waals surface area contributed by atoms with Gasteiger partial charge in [0.25, 0.3) is 0 Å². The molecule has 3 aromatic rings. The van der Waals surface area contributed by atoms with Gasteiger partial charge in [0, 0.05) is 11.6 Å². The molecule has 5 heteroatoms. The molecule has 116 valence electrons. The van der Waals surface area contributed by atoms with E-state index in [1.807, 2.05) is 19.1 Å². The quantitative estimate of drug-likeness (QED) is 0.749. The summed E-state index contributed by atoms with van der Waals surface area (Å²) < 4.78 is 10.3. The highest BCUT2D eigenvalue weighted by Gasteiger charge is 2.08. The molecule has 0 saturated heterocycles. The van der Waals surface area contributed by atoms with Crippen molar-refractivity contribution >= 4 is 22.9 Å². The molecule has 1 aromatic heterocycles. The molecule has 0 unspecified atom stereocenters. The molecule has 0 saturated carbocycles. The van der Waals surface area contributed by atoms with Crippen LogP contribution < -0.4 is 10.4 Å². The fraction of sp³-hybridized carbons (Fsp3) is 0.111. The molecule has 2 aromatic carbocycles. The van der Waals surface area contributed by atoms with E-state index in [-0.39, 0.29) is 11.5 Å². The molecule has 0 spiro atoms. The molecule has 3 rings (SSSR count). The van der Waals surface area contributed by atoms with Crippen molar-refractivity contribution in [1.82, 2.24) is 4.98 Å². The number of nitrogens with zero attached hydrogens (tertiary/aromatic N) is 1. The Kier molecular flexibility index (Phi) is 3.85. The smallest absolute Gasteiger partial charge is 0.362 e. The SMILES string of the molecule is COc1cccc(/C(O)=C/c2nc3cc(C)ccc3oc2=O)c1. The number of rotatable bonds is 3. The maximum atomic E-state index is 12.0. The van der Waals surface area contributed by atoms with Crippen molar-refractivity contribution < 1.29 is 14.3 Å². The topological polar surface area (TPSA) is 72.6 Å². The molecule has 0 amide bonds. The van der Waals surface area contributed by atoms with Crippen LogP contribution in [0.3, 0.4) is 0 Å². The second kappa shape index (κ2) is 5.96. The molecular weight excluding hydrogens is 294 g/mol. The van der Waals surface area contributed by atoms with Gasteiger partial charge in [0.2, 0.25) is 0 Å². The Morgan fingerprint density at radius 3 is 2.87 bits per heavy atom. The van der Waals surface area contributed by atoms with Crippen LogP contribution in [0.2, 0.25) is 0 Å². The largest absolute Gasteiger partial charge is 0.507 e. The summed E-state index contributed by atoms with van der Waals surface area (Å²) in [5, 5.41) is 10.2. The van der Waals surface area contributed by atoms with Gasteiger partial charge in [0.15, 0.2) is 11.3 Å². The van der Waals surface area contributed by atoms with Gasteiger partial charge in [0.1, 0.15) is 17.0 Å². The van der Waals surface area contributed by atoms with Gasteiger partial charge in [-0.3, -0.25) is 0 Å². The molecule has 0 aliphatic carbocycles. The highest BCUT2D eigenvalue weighted by atomic mass is 16.5. The van der Waals surface area contributed by atoms with Gasteiger partial charge in [-0.2, -0.15) is 0 Å². The van der Waals surface area contributed by atoms with E-state index in [1.54, 1.807) is 37.4 Å². The van der Waals surface area contributed by atoms with E-state index in [2.05, 4.69) is 4.98 Å². The molecule has 0 fully saturated rings. The van der Waals surface area contributed by atoms with Crippen molar-refractivity contribution in [2.45, 2.75) is 6.92 Å². The second-order valence-corrected chi connectivity index (χ2v) is 5.12. The van der Waals surface area contributed by atoms with Gasteiger partial charge < -0.3 is 14.3 Å². The van der Waals surface area contributed by atoms with Crippen molar-refractivity contribution in [3.8, 4) is 5.75 Å². The number of methoxy groups -OCH3 is 1. The number of aryl methyl sites for hydroxylation is 1. The molecule has 0 radical (unpaired) electrons. The number of hydrogen-bond acceptors (Lipinski definition) is 5. The van der Waals surface area contributed by atoms with Crippen LogP contribution in [0.5, 0.6) is 5.75 Å². The van der Waals surface area contributed by atoms with E-state index in [9.17, 15) is 9.90 Å². The van der Waals surface area contributed by atoms with Gasteiger partial charge in [-0.25, -0.2) is 9.78 Å². The molecule has 0 atom stereocenters. The van der Waals surface area contributed by atoms with E-state index in [4.69, 9.17) is 9.15 Å². The fourth-order valence-corrected chi connectivity index (χ4v) is 2.22. The normalized spacial score (nSPS) is 11.7. The molecule has 5 nitrogen and oxygen atoms in total. The van der Waals surface area contributed by atoms with E-state index < -0.39 is 5.63 Å². The standard InChI is InChI=1S/C18H15NO4/c1-11-6-7-17-14(8-11)19-15(18(21)23-17)10-16(20)12-4-3-5-13(9-12)22-2/h3-10,20H,1-2H3/b16-10-. The van der Waals surface area contributed by atoms with Gasteiger partial charge in [-0.1, -0.05) is 18.2 Å². The van der Waals surface area contributed by atoms with Crippen LogP contribution in [0.15, 0.2) is 51.7 Å². The number of fused-ring (bicyclic) bond motifs is 1. The first-order chi connectivity index (χ1) is 11.1. The highest BCUT2D eigenvalue weighted by Crippen LogP contribution is 2.20. The van der Waals surface area contributed by atoms with Crippen LogP contribution in [-0.2, 0) is 0 Å². The lowest BCUT2D eigenvalue weighted by atomic mass is 10.1. The number of ether oxygens (including phenoxy) is 1. The van der Waals surface area contributed by atoms with Gasteiger partial charge >= 0.3 is 5.63 Å². The predicted molar refractivity (Wildman–Crippen MR) is 88.5 cm³/mol. The monoisotopic (exact) mass is 309 g/mol. The third-order valence-corrected chi connectivity index (χ3v) is 3.41. The number of hydrogen-bond donors (Lipinski definition) is 1. The molecule has 1 N–H and O–H groups in total. The van der Waals surface area contributed by atoms with Crippen LogP contribution in [0.1, 0.15) is 16.8 Å². The van der Waals surface area contributed by atoms with Crippen molar-refractivity contribution in [2.75, 3.05) is 7.11 Å². The first-order valence-electron chi connectivity index (χ1n) is 7.03. The van der Waals surface area contributed by atoms with Crippen LogP contribution in [0, 0.1) is 6.92 Å². The molecular formula is C18H15NO4. The van der Waals surface area contributed by atoms with E-state index in [0.29, 0.717) is 22.4 Å². The minimum absolute atomic E-state index is 0.0448. The summed E-state index contributed by atoms with van der Waals surface area (Å²) in [7, 11) is 1.54. The zero-order valence-electron chi connectivity index (χ0n) is 12.7. The number of aliphatic hydroxyl groups is 1. The lowest BCUT2D eigenvalue weighted by molar-refractivity contribution is 0.414. The average Bonchev–Trinajstić information content (AvgIpc) is 2.56. The Hall–Kier alpha value is -3.08. The summed E-state index contributed by atoms with van der Waals surface area (Å²) in [6, 6.07) is 12.3. The summed E-state index contributed by atoms with van der Waals surface area (Å²) in [5.74, 6) is 0.521. The van der Waals surface area contributed by atoms with Crippen LogP contribution >= 0.6 is 0 Å². The number of benzene rings is 2. The molecule has 0 aliphatic heterocycles. The molecule has 0 aliphatic rings. The minimum atomic E-state index is -0.601. The van der Waals surface area contributed by atoms with Gasteiger partial charge in [-0.05, 0) is 36.8 Å². The Morgan fingerprint density at radius 1 is 1.26 bits per heavy atom. The average molecular weight is 309 g/mol. The summed E-state index contributed by atoms with van der Waals surface area (Å²) in [6.45, 7) is 1.93. The van der Waals surface area contributed by atoms with Crippen molar-refractivity contribution in [3.63, 3.8) is 0 Å². The number of aromatic nitrogens is 1. The zero-order chi connectivity index (χ0) is 16.4. The third-order valence-electron chi connectivity index (χ3n) is 3.41. The van der Waals surface area contributed by atoms with Crippen LogP contribution in [0.25, 0.3) is 22.9 Å². The third kappa shape index (κ3) is 3.08. The maximum Gasteiger partial charge on any atom is 0.362 e. The first-order valence-corrected chi connectivity index (χ1v) is 7.03. The van der Waals surface area contributed by atoms with Crippen molar-refractivity contribution in [3.05, 3.63) is 69.7 Å². The summed E-state index contributed by atoms with van der Waals surface area (Å²) in [6.07, 6.45) is 1.29. The highest BCUT2D eigenvalue weighted by molar-refractivity contribution is 5.78. The lowest BCUT2D eigenvalue weighted by Crippen LogP contribution is -2.06. The Labute approximate surface area is 132 Å². The summed E-state index contributed by atoms with van der Waals surface area (Å²) >= 11 is 0. The van der Waals surface area contributed by atoms with Crippen LogP contribution in [-0.4, -0.2) is 17.2 Å². The van der Waals surface area contributed by atoms with E-state index >= 15 is 0 Å². The summed E-state index contributed by atoms with van der Waals surface area (Å²) in [4.78, 5) is 16.3. The van der Waals surface area contributed by atoms with Crippen molar-refractivity contribution in [2.24, 2.45) is 0 Å². The second-order valence-electron chi connectivity index (χ2n) is 5.12. The van der Waals surface area contributed by atoms with E-state index in [0.717, 1.165) is 5.56 Å². The molecule has 1 heterocycles. The molecule has 23 heavy (non-hydrogen) atoms. The first kappa shape index (κ1) is 14.8. The fourth-order valence-electron chi connectivity index (χ4n) is 2.22. The van der Waals surface area contributed by atoms with E-state index in [1.165, 1.54) is 6.08 Å². The Bertz CT molecular complexity index is 957. The molecule has 0 bridgehead atoms. The zero-order valence-corrected chi connectivity index (χ0v) is 12.7. The summed E-state index contributed by atoms with van der Waals surface area (Å²) in [5.41, 5.74) is 1.95. The Balaban J connectivity index is 2.08. The lowest BCUT2D eigenvalue weighted by Gasteiger charge is -2.04. The maximum absolute atomic E-state index is 12.0.